The summed E-state index contributed by atoms with van der Waals surface area (Å²) in [6.07, 6.45) is -1.19. The Morgan fingerprint density at radius 1 is 0.923 bits per heavy atom. The third-order valence-corrected chi connectivity index (χ3v) is 4.17. The van der Waals surface area contributed by atoms with E-state index in [9.17, 15) is 9.90 Å². The number of nitrogens with zero attached hydrogens (tertiary/aromatic N) is 1. The SMILES string of the molecule is CN(C(=O)OCc1ccccc1)c1cccc(C(O)c2ccccc2)c1. The molecule has 1 N–H and O–H groups in total. The van der Waals surface area contributed by atoms with Crippen LogP contribution in [0.4, 0.5) is 10.5 Å². The molecule has 0 heterocycles. The minimum Gasteiger partial charge on any atom is -0.444 e. The predicted octanol–water partition coefficient (Wildman–Crippen LogP) is 4.54. The maximum absolute atomic E-state index is 12.3. The lowest BCUT2D eigenvalue weighted by atomic mass is 10.0. The molecule has 4 nitrogen and oxygen atoms in total. The summed E-state index contributed by atoms with van der Waals surface area (Å²) in [7, 11) is 1.65. The number of hydrogen-bond acceptors (Lipinski definition) is 3. The molecule has 1 amide bonds. The van der Waals surface area contributed by atoms with Crippen LogP contribution in [0.3, 0.4) is 0 Å². The highest BCUT2D eigenvalue weighted by molar-refractivity contribution is 5.87. The van der Waals surface area contributed by atoms with Gasteiger partial charge < -0.3 is 9.84 Å². The van der Waals surface area contributed by atoms with E-state index in [-0.39, 0.29) is 6.61 Å². The van der Waals surface area contributed by atoms with Gasteiger partial charge >= 0.3 is 6.09 Å². The van der Waals surface area contributed by atoms with E-state index in [0.29, 0.717) is 5.69 Å². The molecular weight excluding hydrogens is 326 g/mol. The van der Waals surface area contributed by atoms with Gasteiger partial charge in [0, 0.05) is 12.7 Å². The molecule has 1 atom stereocenters. The summed E-state index contributed by atoms with van der Waals surface area (Å²) in [4.78, 5) is 13.7. The predicted molar refractivity (Wildman–Crippen MR) is 102 cm³/mol. The van der Waals surface area contributed by atoms with E-state index in [1.807, 2.05) is 78.9 Å². The smallest absolute Gasteiger partial charge is 0.414 e. The number of anilines is 1. The van der Waals surface area contributed by atoms with E-state index in [0.717, 1.165) is 16.7 Å². The van der Waals surface area contributed by atoms with E-state index in [4.69, 9.17) is 4.74 Å². The third-order valence-electron chi connectivity index (χ3n) is 4.17. The van der Waals surface area contributed by atoms with E-state index in [2.05, 4.69) is 0 Å². The first-order valence-corrected chi connectivity index (χ1v) is 8.42. The van der Waals surface area contributed by atoms with Crippen LogP contribution in [0.1, 0.15) is 22.8 Å². The number of aliphatic hydroxyl groups excluding tert-OH is 1. The van der Waals surface area contributed by atoms with Gasteiger partial charge in [-0.3, -0.25) is 4.90 Å². The summed E-state index contributed by atoms with van der Waals surface area (Å²) < 4.78 is 5.35. The first-order chi connectivity index (χ1) is 12.6. The average molecular weight is 347 g/mol. The fourth-order valence-corrected chi connectivity index (χ4v) is 2.65. The number of rotatable bonds is 5. The van der Waals surface area contributed by atoms with Gasteiger partial charge in [0.1, 0.15) is 12.7 Å². The highest BCUT2D eigenvalue weighted by Gasteiger charge is 2.15. The van der Waals surface area contributed by atoms with Crippen LogP contribution < -0.4 is 4.90 Å². The topological polar surface area (TPSA) is 49.8 Å². The number of aliphatic hydroxyl groups is 1. The van der Waals surface area contributed by atoms with Gasteiger partial charge in [0.05, 0.1) is 0 Å². The number of carbonyl (C=O) groups is 1. The van der Waals surface area contributed by atoms with E-state index < -0.39 is 12.2 Å². The van der Waals surface area contributed by atoms with Gasteiger partial charge in [-0.05, 0) is 28.8 Å². The highest BCUT2D eigenvalue weighted by atomic mass is 16.6. The summed E-state index contributed by atoms with van der Waals surface area (Å²) in [5, 5.41) is 10.6. The minimum atomic E-state index is -0.745. The quantitative estimate of drug-likeness (QED) is 0.737. The van der Waals surface area contributed by atoms with Gasteiger partial charge in [0.15, 0.2) is 0 Å². The molecule has 0 radical (unpaired) electrons. The molecule has 3 aromatic carbocycles. The van der Waals surface area contributed by atoms with Crippen molar-refractivity contribution in [3.05, 3.63) is 102 Å². The zero-order chi connectivity index (χ0) is 18.4. The van der Waals surface area contributed by atoms with Gasteiger partial charge in [-0.15, -0.1) is 0 Å². The Morgan fingerprint density at radius 3 is 2.23 bits per heavy atom. The Labute approximate surface area is 153 Å². The van der Waals surface area contributed by atoms with Crippen molar-refractivity contribution in [3.8, 4) is 0 Å². The van der Waals surface area contributed by atoms with Crippen molar-refractivity contribution in [1.29, 1.82) is 0 Å². The lowest BCUT2D eigenvalue weighted by Crippen LogP contribution is -2.27. The molecule has 0 fully saturated rings. The van der Waals surface area contributed by atoms with Crippen LogP contribution in [0.15, 0.2) is 84.9 Å². The summed E-state index contributed by atoms with van der Waals surface area (Å²) in [6.45, 7) is 0.219. The van der Waals surface area contributed by atoms with Gasteiger partial charge in [0.2, 0.25) is 0 Å². The first kappa shape index (κ1) is 17.7. The molecule has 0 bridgehead atoms. The van der Waals surface area contributed by atoms with E-state index >= 15 is 0 Å². The minimum absolute atomic E-state index is 0.219. The van der Waals surface area contributed by atoms with E-state index in [1.165, 1.54) is 4.90 Å². The monoisotopic (exact) mass is 347 g/mol. The molecule has 4 heteroatoms. The van der Waals surface area contributed by atoms with Crippen LogP contribution >= 0.6 is 0 Å². The Kier molecular flexibility index (Phi) is 5.66. The van der Waals surface area contributed by atoms with Crippen molar-refractivity contribution >= 4 is 11.8 Å². The standard InChI is InChI=1S/C22H21NO3/c1-23(22(25)26-16-17-9-4-2-5-10-17)20-14-8-13-19(15-20)21(24)18-11-6-3-7-12-18/h2-15,21,24H,16H2,1H3. The molecule has 1 unspecified atom stereocenters. The van der Waals surface area contributed by atoms with Crippen LogP contribution in [0.2, 0.25) is 0 Å². The fourth-order valence-electron chi connectivity index (χ4n) is 2.65. The van der Waals surface area contributed by atoms with Gasteiger partial charge in [0.25, 0.3) is 0 Å². The third kappa shape index (κ3) is 4.29. The van der Waals surface area contributed by atoms with Crippen LogP contribution in [0.5, 0.6) is 0 Å². The van der Waals surface area contributed by atoms with E-state index in [1.54, 1.807) is 13.1 Å². The molecule has 26 heavy (non-hydrogen) atoms. The van der Waals surface area contributed by atoms with Crippen molar-refractivity contribution in [2.75, 3.05) is 11.9 Å². The van der Waals surface area contributed by atoms with Crippen LogP contribution in [-0.4, -0.2) is 18.2 Å². The number of amides is 1. The molecule has 0 aromatic heterocycles. The molecule has 0 saturated carbocycles. The van der Waals surface area contributed by atoms with Crippen molar-refractivity contribution in [1.82, 2.24) is 0 Å². The maximum Gasteiger partial charge on any atom is 0.414 e. The second kappa shape index (κ2) is 8.32. The number of ether oxygens (including phenoxy) is 1. The molecule has 3 rings (SSSR count). The average Bonchev–Trinajstić information content (AvgIpc) is 2.72. The largest absolute Gasteiger partial charge is 0.444 e. The zero-order valence-corrected chi connectivity index (χ0v) is 14.6. The van der Waals surface area contributed by atoms with Crippen molar-refractivity contribution < 1.29 is 14.6 Å². The lowest BCUT2D eigenvalue weighted by Gasteiger charge is -2.19. The molecular formula is C22H21NO3. The fraction of sp³-hybridized carbons (Fsp3) is 0.136. The molecule has 132 valence electrons. The Morgan fingerprint density at radius 2 is 1.54 bits per heavy atom. The zero-order valence-electron chi connectivity index (χ0n) is 14.6. The van der Waals surface area contributed by atoms with Crippen LogP contribution in [0.25, 0.3) is 0 Å². The normalized spacial score (nSPS) is 11.6. The van der Waals surface area contributed by atoms with Crippen LogP contribution in [-0.2, 0) is 11.3 Å². The number of hydrogen-bond donors (Lipinski definition) is 1. The first-order valence-electron chi connectivity index (χ1n) is 8.42. The molecule has 0 saturated heterocycles. The molecule has 0 spiro atoms. The second-order valence-corrected chi connectivity index (χ2v) is 6.01. The van der Waals surface area contributed by atoms with Gasteiger partial charge in [-0.1, -0.05) is 72.8 Å². The van der Waals surface area contributed by atoms with Crippen molar-refractivity contribution in [3.63, 3.8) is 0 Å². The summed E-state index contributed by atoms with van der Waals surface area (Å²) >= 11 is 0. The highest BCUT2D eigenvalue weighted by Crippen LogP contribution is 2.25. The Balaban J connectivity index is 1.69. The Bertz CT molecular complexity index is 850. The molecule has 0 aliphatic heterocycles. The number of carbonyl (C=O) groups excluding carboxylic acids is 1. The molecule has 0 aliphatic carbocycles. The Hall–Kier alpha value is -3.11. The molecule has 3 aromatic rings. The van der Waals surface area contributed by atoms with Crippen LogP contribution in [0, 0.1) is 0 Å². The maximum atomic E-state index is 12.3. The second-order valence-electron chi connectivity index (χ2n) is 6.01. The molecule has 0 aliphatic rings. The van der Waals surface area contributed by atoms with Gasteiger partial charge in [-0.25, -0.2) is 4.79 Å². The summed E-state index contributed by atoms with van der Waals surface area (Å²) in [5.74, 6) is 0. The lowest BCUT2D eigenvalue weighted by molar-refractivity contribution is 0.148. The van der Waals surface area contributed by atoms with Crippen molar-refractivity contribution in [2.24, 2.45) is 0 Å². The van der Waals surface area contributed by atoms with Crippen molar-refractivity contribution in [2.45, 2.75) is 12.7 Å². The van der Waals surface area contributed by atoms with Gasteiger partial charge in [-0.2, -0.15) is 0 Å². The summed E-state index contributed by atoms with van der Waals surface area (Å²) in [6, 6.07) is 26.2. The summed E-state index contributed by atoms with van der Waals surface area (Å²) in [5.41, 5.74) is 3.12. The number of benzene rings is 3.